The van der Waals surface area contributed by atoms with E-state index >= 15 is 0 Å². The maximum atomic E-state index is 12.6. The Morgan fingerprint density at radius 1 is 1.04 bits per heavy atom. The number of hydrogen-bond donors (Lipinski definition) is 0. The number of nitrogens with zero attached hydrogens (tertiary/aromatic N) is 5. The smallest absolute Gasteiger partial charge is 0.255 e. The summed E-state index contributed by atoms with van der Waals surface area (Å²) in [6.07, 6.45) is 7.20. The Balaban J connectivity index is 1.31. The molecule has 1 aliphatic heterocycles. The van der Waals surface area contributed by atoms with Crippen molar-refractivity contribution in [2.24, 2.45) is 0 Å². The molecular weight excluding hydrogens is 418 g/mol. The van der Waals surface area contributed by atoms with E-state index in [-0.39, 0.29) is 5.91 Å². The number of aromatic nitrogens is 3. The van der Waals surface area contributed by atoms with Crippen LogP contribution in [0.15, 0.2) is 65.7 Å². The monoisotopic (exact) mass is 439 g/mol. The molecule has 1 aliphatic rings. The highest BCUT2D eigenvalue weighted by molar-refractivity contribution is 9.10. The second-order valence-corrected chi connectivity index (χ2v) is 7.75. The molecule has 0 bridgehead atoms. The fraction of sp³-hybridized carbons (Fsp3) is 0.286. The van der Waals surface area contributed by atoms with Crippen LogP contribution in [0.3, 0.4) is 0 Å². The van der Waals surface area contributed by atoms with Gasteiger partial charge in [0.15, 0.2) is 0 Å². The third-order valence-corrected chi connectivity index (χ3v) is 5.45. The van der Waals surface area contributed by atoms with Crippen LogP contribution < -0.4 is 0 Å². The van der Waals surface area contributed by atoms with Gasteiger partial charge in [0.2, 0.25) is 0 Å². The molecule has 1 amide bonds. The molecule has 7 heteroatoms. The van der Waals surface area contributed by atoms with Crippen LogP contribution in [0, 0.1) is 0 Å². The molecule has 6 nitrogen and oxygen atoms in total. The minimum absolute atomic E-state index is 0.0504. The van der Waals surface area contributed by atoms with E-state index in [1.165, 1.54) is 0 Å². The molecule has 0 saturated carbocycles. The summed E-state index contributed by atoms with van der Waals surface area (Å²) in [7, 11) is 0. The Morgan fingerprint density at radius 3 is 2.57 bits per heavy atom. The minimum atomic E-state index is 0.0504. The first-order valence-electron chi connectivity index (χ1n) is 9.39. The molecule has 1 fully saturated rings. The first kappa shape index (κ1) is 18.8. The van der Waals surface area contributed by atoms with Gasteiger partial charge in [-0.15, -0.1) is 0 Å². The maximum Gasteiger partial charge on any atom is 0.255 e. The van der Waals surface area contributed by atoms with E-state index in [4.69, 9.17) is 0 Å². The first-order valence-corrected chi connectivity index (χ1v) is 10.2. The Morgan fingerprint density at radius 2 is 1.82 bits per heavy atom. The number of amides is 1. The SMILES string of the molecule is O=C(c1cncc(Br)c1)N1CCN(CCn2ccnc2-c2ccccc2)CC1. The van der Waals surface area contributed by atoms with Crippen molar-refractivity contribution < 1.29 is 4.79 Å². The third-order valence-electron chi connectivity index (χ3n) is 5.02. The second kappa shape index (κ2) is 8.67. The van der Waals surface area contributed by atoms with Crippen LogP contribution in [-0.2, 0) is 6.54 Å². The molecule has 0 spiro atoms. The fourth-order valence-electron chi connectivity index (χ4n) is 3.47. The Bertz CT molecular complexity index is 935. The number of hydrogen-bond acceptors (Lipinski definition) is 4. The Hall–Kier alpha value is -2.51. The quantitative estimate of drug-likeness (QED) is 0.612. The lowest BCUT2D eigenvalue weighted by molar-refractivity contribution is 0.0633. The Kier molecular flexibility index (Phi) is 5.83. The molecule has 3 heterocycles. The zero-order chi connectivity index (χ0) is 19.3. The van der Waals surface area contributed by atoms with E-state index in [2.05, 4.69) is 47.5 Å². The van der Waals surface area contributed by atoms with Crippen LogP contribution in [0.25, 0.3) is 11.4 Å². The van der Waals surface area contributed by atoms with Crippen molar-refractivity contribution >= 4 is 21.8 Å². The topological polar surface area (TPSA) is 54.3 Å². The molecular formula is C21H22BrN5O. The van der Waals surface area contributed by atoms with Gasteiger partial charge in [0.05, 0.1) is 5.56 Å². The van der Waals surface area contributed by atoms with Gasteiger partial charge in [-0.25, -0.2) is 4.98 Å². The van der Waals surface area contributed by atoms with Crippen molar-refractivity contribution in [1.29, 1.82) is 0 Å². The van der Waals surface area contributed by atoms with Gasteiger partial charge in [-0.2, -0.15) is 0 Å². The van der Waals surface area contributed by atoms with Crippen molar-refractivity contribution in [2.45, 2.75) is 6.54 Å². The highest BCUT2D eigenvalue weighted by atomic mass is 79.9. The van der Waals surface area contributed by atoms with Crippen LogP contribution in [0.5, 0.6) is 0 Å². The number of piperazine rings is 1. The number of pyridine rings is 1. The second-order valence-electron chi connectivity index (χ2n) is 6.84. The van der Waals surface area contributed by atoms with Gasteiger partial charge in [0.25, 0.3) is 5.91 Å². The molecule has 0 aliphatic carbocycles. The summed E-state index contributed by atoms with van der Waals surface area (Å²) in [6, 6.07) is 12.1. The number of imidazole rings is 1. The van der Waals surface area contributed by atoms with Crippen LogP contribution in [0.1, 0.15) is 10.4 Å². The maximum absolute atomic E-state index is 12.6. The summed E-state index contributed by atoms with van der Waals surface area (Å²) in [4.78, 5) is 25.5. The average Bonchev–Trinajstić information content (AvgIpc) is 3.21. The number of carbonyl (C=O) groups is 1. The summed E-state index contributed by atoms with van der Waals surface area (Å²) in [6.45, 7) is 5.05. The lowest BCUT2D eigenvalue weighted by Crippen LogP contribution is -2.49. The van der Waals surface area contributed by atoms with Crippen molar-refractivity contribution in [3.63, 3.8) is 0 Å². The summed E-state index contributed by atoms with van der Waals surface area (Å²) >= 11 is 3.38. The lowest BCUT2D eigenvalue weighted by Gasteiger charge is -2.34. The highest BCUT2D eigenvalue weighted by Gasteiger charge is 2.22. The molecule has 144 valence electrons. The molecule has 0 radical (unpaired) electrons. The first-order chi connectivity index (χ1) is 13.7. The zero-order valence-corrected chi connectivity index (χ0v) is 17.1. The minimum Gasteiger partial charge on any atom is -0.336 e. The predicted octanol–water partition coefficient (Wildman–Crippen LogP) is 3.17. The van der Waals surface area contributed by atoms with Crippen molar-refractivity contribution in [2.75, 3.05) is 32.7 Å². The normalized spacial score (nSPS) is 15.0. The van der Waals surface area contributed by atoms with Crippen LogP contribution in [0.4, 0.5) is 0 Å². The Labute approximate surface area is 173 Å². The van der Waals surface area contributed by atoms with E-state index in [0.29, 0.717) is 5.56 Å². The van der Waals surface area contributed by atoms with Gasteiger partial charge in [0.1, 0.15) is 5.82 Å². The average molecular weight is 440 g/mol. The van der Waals surface area contributed by atoms with Crippen LogP contribution in [-0.4, -0.2) is 63.0 Å². The fourth-order valence-corrected chi connectivity index (χ4v) is 3.84. The lowest BCUT2D eigenvalue weighted by atomic mass is 10.2. The molecule has 0 N–H and O–H groups in total. The molecule has 3 aromatic rings. The van der Waals surface area contributed by atoms with E-state index in [0.717, 1.165) is 55.1 Å². The number of rotatable bonds is 5. The van der Waals surface area contributed by atoms with Gasteiger partial charge in [-0.05, 0) is 22.0 Å². The zero-order valence-electron chi connectivity index (χ0n) is 15.5. The van der Waals surface area contributed by atoms with Gasteiger partial charge in [-0.3, -0.25) is 14.7 Å². The van der Waals surface area contributed by atoms with Gasteiger partial charge in [-0.1, -0.05) is 30.3 Å². The van der Waals surface area contributed by atoms with Crippen molar-refractivity contribution in [3.8, 4) is 11.4 Å². The van der Waals surface area contributed by atoms with E-state index < -0.39 is 0 Å². The number of carbonyl (C=O) groups excluding carboxylic acids is 1. The third kappa shape index (κ3) is 4.31. The van der Waals surface area contributed by atoms with Crippen molar-refractivity contribution in [1.82, 2.24) is 24.3 Å². The predicted molar refractivity (Wildman–Crippen MR) is 112 cm³/mol. The largest absolute Gasteiger partial charge is 0.336 e. The van der Waals surface area contributed by atoms with E-state index in [9.17, 15) is 4.79 Å². The van der Waals surface area contributed by atoms with Crippen LogP contribution in [0.2, 0.25) is 0 Å². The summed E-state index contributed by atoms with van der Waals surface area (Å²) in [5, 5.41) is 0. The summed E-state index contributed by atoms with van der Waals surface area (Å²) in [5.41, 5.74) is 1.76. The molecule has 2 aromatic heterocycles. The van der Waals surface area contributed by atoms with Gasteiger partial charge < -0.3 is 9.47 Å². The van der Waals surface area contributed by atoms with Gasteiger partial charge >= 0.3 is 0 Å². The highest BCUT2D eigenvalue weighted by Crippen LogP contribution is 2.17. The van der Waals surface area contributed by atoms with E-state index in [1.807, 2.05) is 41.6 Å². The molecule has 1 saturated heterocycles. The summed E-state index contributed by atoms with van der Waals surface area (Å²) in [5.74, 6) is 1.05. The van der Waals surface area contributed by atoms with Crippen LogP contribution >= 0.6 is 15.9 Å². The molecule has 0 unspecified atom stereocenters. The standard InChI is InChI=1S/C21H22BrN5O/c22-19-14-18(15-23-16-19)21(28)27-12-9-25(10-13-27)8-11-26-7-6-24-20(26)17-4-2-1-3-5-17/h1-7,14-16H,8-13H2. The molecule has 4 rings (SSSR count). The molecule has 28 heavy (non-hydrogen) atoms. The molecule has 0 atom stereocenters. The number of benzene rings is 1. The number of halogens is 1. The summed E-state index contributed by atoms with van der Waals surface area (Å²) < 4.78 is 3.02. The molecule has 1 aromatic carbocycles. The van der Waals surface area contributed by atoms with Gasteiger partial charge in [0, 0.05) is 74.1 Å². The van der Waals surface area contributed by atoms with Crippen molar-refractivity contribution in [3.05, 3.63) is 71.2 Å². The van der Waals surface area contributed by atoms with E-state index in [1.54, 1.807) is 12.4 Å².